The van der Waals surface area contributed by atoms with Gasteiger partial charge in [0, 0.05) is 17.8 Å². The Hall–Kier alpha value is -3.43. The lowest BCUT2D eigenvalue weighted by molar-refractivity contribution is -0.0531. The van der Waals surface area contributed by atoms with Crippen LogP contribution in [0.3, 0.4) is 0 Å². The molecule has 4 rings (SSSR count). The Kier molecular flexibility index (Phi) is 6.81. The molecule has 1 saturated heterocycles. The van der Waals surface area contributed by atoms with Crippen molar-refractivity contribution in [3.63, 3.8) is 0 Å². The van der Waals surface area contributed by atoms with Crippen molar-refractivity contribution >= 4 is 34.0 Å². The van der Waals surface area contributed by atoms with Gasteiger partial charge in [-0.1, -0.05) is 10.5 Å². The molecule has 37 heavy (non-hydrogen) atoms. The molecule has 3 atom stereocenters. The Morgan fingerprint density at radius 2 is 1.95 bits per heavy atom. The molecular formula is C22H25F3N6O5S. The Balaban J connectivity index is 1.70. The number of nitrogens with zero attached hydrogens (tertiary/aromatic N) is 3. The van der Waals surface area contributed by atoms with Crippen molar-refractivity contribution in [2.24, 2.45) is 4.99 Å². The average molecular weight is 543 g/mol. The first-order valence-electron chi connectivity index (χ1n) is 11.1. The number of amides is 2. The predicted octanol–water partition coefficient (Wildman–Crippen LogP) is 3.70. The maximum absolute atomic E-state index is 15.3. The van der Waals surface area contributed by atoms with Crippen LogP contribution >= 0.6 is 10.5 Å². The first-order chi connectivity index (χ1) is 17.3. The third-order valence-corrected chi connectivity index (χ3v) is 10.4. The second kappa shape index (κ2) is 9.46. The first kappa shape index (κ1) is 26.6. The highest BCUT2D eigenvalue weighted by Gasteiger charge is 2.61. The lowest BCUT2D eigenvalue weighted by atomic mass is 9.85. The normalized spacial score (nSPS) is 28.0. The number of anilines is 1. The van der Waals surface area contributed by atoms with Crippen molar-refractivity contribution in [2.75, 3.05) is 11.9 Å². The van der Waals surface area contributed by atoms with E-state index in [1.807, 2.05) is 0 Å². The summed E-state index contributed by atoms with van der Waals surface area (Å²) < 4.78 is 57.7. The van der Waals surface area contributed by atoms with Gasteiger partial charge in [0.15, 0.2) is 0 Å². The van der Waals surface area contributed by atoms with Gasteiger partial charge >= 0.3 is 12.7 Å². The fourth-order valence-corrected chi connectivity index (χ4v) is 8.03. The van der Waals surface area contributed by atoms with Crippen molar-refractivity contribution in [3.8, 4) is 5.88 Å². The number of ether oxygens (including phenoxy) is 1. The van der Waals surface area contributed by atoms with Crippen molar-refractivity contribution in [1.29, 1.82) is 0 Å². The molecule has 1 fully saturated rings. The van der Waals surface area contributed by atoms with Crippen molar-refractivity contribution in [2.45, 2.75) is 49.3 Å². The quantitative estimate of drug-likeness (QED) is 0.383. The van der Waals surface area contributed by atoms with Crippen LogP contribution in [0.4, 0.5) is 23.7 Å². The summed E-state index contributed by atoms with van der Waals surface area (Å²) in [6.45, 7) is 2.29. The minimum absolute atomic E-state index is 0.0131. The lowest BCUT2D eigenvalue weighted by Gasteiger charge is -2.56. The minimum atomic E-state index is -3.10. The molecule has 2 aliphatic heterocycles. The number of aromatic nitrogens is 2. The number of carbonyl (C=O) groups is 2. The fourth-order valence-electron chi connectivity index (χ4n) is 4.64. The molecule has 1 unspecified atom stereocenters. The van der Waals surface area contributed by atoms with Crippen LogP contribution in [-0.4, -0.2) is 60.6 Å². The topological polar surface area (TPSA) is 158 Å². The van der Waals surface area contributed by atoms with E-state index in [1.54, 1.807) is 20.8 Å². The molecule has 0 spiro atoms. The smallest absolute Gasteiger partial charge is 0.410 e. The molecule has 11 nitrogen and oxygen atoms in total. The Morgan fingerprint density at radius 3 is 2.57 bits per heavy atom. The van der Waals surface area contributed by atoms with Gasteiger partial charge in [0.05, 0.1) is 22.4 Å². The molecule has 0 aliphatic carbocycles. The van der Waals surface area contributed by atoms with Gasteiger partial charge in [0.1, 0.15) is 22.9 Å². The summed E-state index contributed by atoms with van der Waals surface area (Å²) in [6.07, 6.45) is 0.892. The molecule has 200 valence electrons. The van der Waals surface area contributed by atoms with Crippen LogP contribution in [0.1, 0.15) is 43.2 Å². The van der Waals surface area contributed by atoms with Gasteiger partial charge in [0.25, 0.3) is 5.91 Å². The first-order valence-corrected chi connectivity index (χ1v) is 12.7. The number of alkyl halides is 2. The van der Waals surface area contributed by atoms with Crippen LogP contribution in [0.15, 0.2) is 35.6 Å². The maximum atomic E-state index is 15.3. The molecule has 2 amide bonds. The van der Waals surface area contributed by atoms with Crippen LogP contribution in [0.25, 0.3) is 0 Å². The number of benzene rings is 1. The maximum Gasteiger partial charge on any atom is 0.410 e. The number of halogens is 3. The lowest BCUT2D eigenvalue weighted by Crippen LogP contribution is -2.59. The van der Waals surface area contributed by atoms with Crippen LogP contribution in [0.5, 0.6) is 5.88 Å². The number of nitrogens with one attached hydrogen (secondary N) is 3. The summed E-state index contributed by atoms with van der Waals surface area (Å²) >= 11 is 0. The number of fused-ring (bicyclic) bond motifs is 1. The monoisotopic (exact) mass is 542 g/mol. The van der Waals surface area contributed by atoms with Gasteiger partial charge in [-0.15, -0.1) is 0 Å². The van der Waals surface area contributed by atoms with E-state index in [0.29, 0.717) is 13.0 Å². The van der Waals surface area contributed by atoms with E-state index in [1.165, 1.54) is 12.1 Å². The van der Waals surface area contributed by atoms with Gasteiger partial charge in [-0.25, -0.2) is 19.2 Å². The number of aliphatic imine (C=N–C) groups is 1. The van der Waals surface area contributed by atoms with E-state index in [-0.39, 0.29) is 22.8 Å². The van der Waals surface area contributed by atoms with Gasteiger partial charge < -0.3 is 19.7 Å². The van der Waals surface area contributed by atoms with Crippen molar-refractivity contribution in [1.82, 2.24) is 20.0 Å². The highest BCUT2D eigenvalue weighted by atomic mass is 32.3. The molecule has 0 radical (unpaired) electrons. The van der Waals surface area contributed by atoms with E-state index < -0.39 is 56.3 Å². The van der Waals surface area contributed by atoms with E-state index in [2.05, 4.69) is 35.1 Å². The molecule has 15 heteroatoms. The molecule has 5 N–H and O–H groups in total. The number of hydrogen-bond donors (Lipinski definition) is 5. The summed E-state index contributed by atoms with van der Waals surface area (Å²) in [5, 5.41) is 13.6. The van der Waals surface area contributed by atoms with Crippen LogP contribution < -0.4 is 20.1 Å². The molecule has 0 saturated carbocycles. The highest BCUT2D eigenvalue weighted by molar-refractivity contribution is 8.29. The molecular weight excluding hydrogens is 517 g/mol. The third kappa shape index (κ3) is 4.69. The van der Waals surface area contributed by atoms with Gasteiger partial charge in [-0.05, 0) is 45.4 Å². The van der Waals surface area contributed by atoms with Gasteiger partial charge in [-0.3, -0.25) is 19.8 Å². The van der Waals surface area contributed by atoms with Crippen LogP contribution in [0, 0.1) is 5.82 Å². The summed E-state index contributed by atoms with van der Waals surface area (Å²) in [6, 6.07) is 3.78. The van der Waals surface area contributed by atoms with Crippen LogP contribution in [0.2, 0.25) is 0 Å². The Labute approximate surface area is 211 Å². The zero-order chi connectivity index (χ0) is 27.2. The standard InChI is InChI=1S/C22H25F3N6O5S/c1-21(2)18(30-20(33)34)31-22(3,15-6-7-28-37(15,21)35)12-8-11(4-5-13(12)23)29-17(32)14-9-27-16(10-26-14)36-19(24)25/h4-5,8-10,15,19,28,35H,6-7H2,1-3H3,(H,29,32)(H,30,31)(H,33,34)/t15-,22+/m0/s1. The second-order valence-corrected chi connectivity index (χ2v) is 12.2. The number of hydrogen-bond acceptors (Lipinski definition) is 8. The Bertz CT molecular complexity index is 1260. The SMILES string of the molecule is CC1(C)C(NC(=O)O)=N[C@](C)(c2cc(NC(=O)c3cnc(OC(F)F)cn3)ccc2F)[C@@H]2CCNS21O. The molecule has 2 aliphatic rings. The molecule has 1 aromatic carbocycles. The van der Waals surface area contributed by atoms with E-state index in [4.69, 9.17) is 0 Å². The number of amidine groups is 1. The molecule has 1 aromatic heterocycles. The predicted molar refractivity (Wildman–Crippen MR) is 130 cm³/mol. The number of carboxylic acid groups (broad SMARTS) is 1. The largest absolute Gasteiger partial charge is 0.465 e. The number of rotatable bonds is 5. The van der Waals surface area contributed by atoms with Gasteiger partial charge in [0.2, 0.25) is 5.88 Å². The van der Waals surface area contributed by atoms with Crippen LogP contribution in [-0.2, 0) is 5.54 Å². The van der Waals surface area contributed by atoms with E-state index in [9.17, 15) is 28.0 Å². The number of carbonyl (C=O) groups excluding carboxylic acids is 1. The second-order valence-electron chi connectivity index (χ2n) is 9.11. The highest BCUT2D eigenvalue weighted by Crippen LogP contribution is 2.67. The molecule has 0 bridgehead atoms. The summed E-state index contributed by atoms with van der Waals surface area (Å²) in [7, 11) is -2.73. The van der Waals surface area contributed by atoms with E-state index >= 15 is 4.39 Å². The minimum Gasteiger partial charge on any atom is -0.465 e. The molecule has 2 aromatic rings. The molecule has 3 heterocycles. The summed E-state index contributed by atoms with van der Waals surface area (Å²) in [4.78, 5) is 36.1. The zero-order valence-electron chi connectivity index (χ0n) is 20.0. The average Bonchev–Trinajstić information content (AvgIpc) is 3.23. The Morgan fingerprint density at radius 1 is 1.22 bits per heavy atom. The van der Waals surface area contributed by atoms with E-state index in [0.717, 1.165) is 18.5 Å². The van der Waals surface area contributed by atoms with Crippen molar-refractivity contribution < 1.29 is 37.2 Å². The van der Waals surface area contributed by atoms with Gasteiger partial charge in [-0.2, -0.15) is 8.78 Å². The zero-order valence-corrected chi connectivity index (χ0v) is 20.8. The fraction of sp³-hybridized carbons (Fsp3) is 0.409. The summed E-state index contributed by atoms with van der Waals surface area (Å²) in [5.41, 5.74) is -1.39. The van der Waals surface area contributed by atoms with Crippen molar-refractivity contribution in [3.05, 3.63) is 47.7 Å². The summed E-state index contributed by atoms with van der Waals surface area (Å²) in [5.74, 6) is -1.89. The third-order valence-electron chi connectivity index (χ3n) is 6.53.